The average molecular weight is 685 g/mol. The SMILES string of the molecule is CC(C)(C)OC(=O)NC1(c2ncc(-c3ccccc3)[nH]2)CCN(C(=O)OC(C)(C)C)CC1.NC1(c2ncc(-c3ccccc3)[nH]2)CCNCC1. The number of aromatic amines is 2. The van der Waals surface area contributed by atoms with Crippen LogP contribution in [-0.4, -0.2) is 74.4 Å². The largest absolute Gasteiger partial charge is 0.444 e. The van der Waals surface area contributed by atoms with Gasteiger partial charge in [0.05, 0.1) is 29.3 Å². The Morgan fingerprint density at radius 2 is 1.22 bits per heavy atom. The number of ether oxygens (including phenoxy) is 2. The molecule has 0 bridgehead atoms. The summed E-state index contributed by atoms with van der Waals surface area (Å²) in [5.74, 6) is 1.55. The van der Waals surface area contributed by atoms with E-state index in [1.807, 2.05) is 96.3 Å². The van der Waals surface area contributed by atoms with E-state index in [0.717, 1.165) is 54.3 Å². The number of nitrogens with two attached hydrogens (primary N) is 1. The molecule has 0 saturated carbocycles. The Hall–Kier alpha value is -4.68. The molecule has 6 rings (SSSR count). The number of nitrogens with zero attached hydrogens (tertiary/aromatic N) is 3. The molecule has 2 aromatic carbocycles. The highest BCUT2D eigenvalue weighted by atomic mass is 16.6. The van der Waals surface area contributed by atoms with Crippen LogP contribution in [0.5, 0.6) is 0 Å². The number of hydrogen-bond acceptors (Lipinski definition) is 8. The number of benzene rings is 2. The van der Waals surface area contributed by atoms with Crippen molar-refractivity contribution in [1.29, 1.82) is 0 Å². The molecule has 2 fully saturated rings. The summed E-state index contributed by atoms with van der Waals surface area (Å²) in [6.45, 7) is 13.8. The lowest BCUT2D eigenvalue weighted by Gasteiger charge is -2.41. The van der Waals surface area contributed by atoms with Crippen LogP contribution in [0.1, 0.15) is 78.9 Å². The first-order valence-corrected chi connectivity index (χ1v) is 17.4. The third-order valence-corrected chi connectivity index (χ3v) is 8.75. The van der Waals surface area contributed by atoms with Gasteiger partial charge in [0.2, 0.25) is 0 Å². The standard InChI is InChI=1S/C24H34N4O4.C14H18N4/c1-22(2,3)31-20(29)27-24(12-14-28(15-13-24)21(30)32-23(4,5)6)19-25-16-18(26-19)17-10-8-7-9-11-17;15-14(6-8-16-9-7-14)13-17-10-12(18-13)11-4-2-1-3-5-11/h7-11,16H,12-15H2,1-6H3,(H,25,26)(H,27,29);1-5,10,16H,6-9,15H2,(H,17,18). The van der Waals surface area contributed by atoms with Gasteiger partial charge in [0.1, 0.15) is 28.4 Å². The number of rotatable bonds is 5. The molecule has 0 aliphatic carbocycles. The molecule has 2 aromatic heterocycles. The lowest BCUT2D eigenvalue weighted by atomic mass is 9.86. The number of carbonyl (C=O) groups excluding carboxylic acids is 2. The van der Waals surface area contributed by atoms with E-state index in [2.05, 4.69) is 42.7 Å². The van der Waals surface area contributed by atoms with E-state index in [-0.39, 0.29) is 11.6 Å². The summed E-state index contributed by atoms with van der Waals surface area (Å²) in [6.07, 6.45) is 5.59. The van der Waals surface area contributed by atoms with Gasteiger partial charge in [0.15, 0.2) is 0 Å². The Morgan fingerprint density at radius 1 is 0.740 bits per heavy atom. The summed E-state index contributed by atoms with van der Waals surface area (Å²) < 4.78 is 11.0. The molecule has 0 spiro atoms. The molecule has 12 heteroatoms. The first-order valence-electron chi connectivity index (χ1n) is 17.4. The minimum atomic E-state index is -0.784. The number of imidazole rings is 2. The first-order chi connectivity index (χ1) is 23.6. The summed E-state index contributed by atoms with van der Waals surface area (Å²) >= 11 is 0. The van der Waals surface area contributed by atoms with Crippen molar-refractivity contribution in [3.63, 3.8) is 0 Å². The topological polar surface area (TPSA) is 163 Å². The van der Waals surface area contributed by atoms with Crippen molar-refractivity contribution in [3.8, 4) is 22.5 Å². The molecular weight excluding hydrogens is 632 g/mol. The van der Waals surface area contributed by atoms with Crippen molar-refractivity contribution in [2.75, 3.05) is 26.2 Å². The van der Waals surface area contributed by atoms with Crippen molar-refractivity contribution >= 4 is 12.2 Å². The summed E-state index contributed by atoms with van der Waals surface area (Å²) in [6, 6.07) is 20.1. The molecule has 2 saturated heterocycles. The van der Waals surface area contributed by atoms with E-state index in [0.29, 0.717) is 31.8 Å². The zero-order valence-electron chi connectivity index (χ0n) is 30.1. The second-order valence-electron chi connectivity index (χ2n) is 15.1. The maximum absolute atomic E-state index is 12.7. The molecule has 2 aliphatic rings. The minimum absolute atomic E-state index is 0.307. The van der Waals surface area contributed by atoms with Crippen molar-refractivity contribution in [3.05, 3.63) is 84.7 Å². The van der Waals surface area contributed by atoms with Crippen LogP contribution in [0.4, 0.5) is 9.59 Å². The molecule has 0 radical (unpaired) electrons. The van der Waals surface area contributed by atoms with Gasteiger partial charge in [-0.15, -0.1) is 0 Å². The second kappa shape index (κ2) is 15.1. The Labute approximate surface area is 295 Å². The highest BCUT2D eigenvalue weighted by molar-refractivity contribution is 5.70. The van der Waals surface area contributed by atoms with Crippen LogP contribution in [-0.2, 0) is 20.6 Å². The Balaban J connectivity index is 0.000000226. The third kappa shape index (κ3) is 9.51. The minimum Gasteiger partial charge on any atom is -0.444 e. The summed E-state index contributed by atoms with van der Waals surface area (Å²) in [4.78, 5) is 42.7. The van der Waals surface area contributed by atoms with Gasteiger partial charge in [0.25, 0.3) is 0 Å². The molecule has 50 heavy (non-hydrogen) atoms. The quantitative estimate of drug-likeness (QED) is 0.160. The number of likely N-dealkylation sites (tertiary alicyclic amines) is 1. The van der Waals surface area contributed by atoms with Crippen molar-refractivity contribution in [1.82, 2.24) is 35.5 Å². The van der Waals surface area contributed by atoms with Gasteiger partial charge in [-0.2, -0.15) is 0 Å². The zero-order valence-corrected chi connectivity index (χ0v) is 30.1. The van der Waals surface area contributed by atoms with Gasteiger partial charge in [-0.1, -0.05) is 60.7 Å². The predicted molar refractivity (Wildman–Crippen MR) is 194 cm³/mol. The number of aromatic nitrogens is 4. The summed E-state index contributed by atoms with van der Waals surface area (Å²) in [7, 11) is 0. The Kier molecular flexibility index (Phi) is 11.0. The van der Waals surface area contributed by atoms with Crippen molar-refractivity contribution in [2.45, 2.75) is 89.5 Å². The van der Waals surface area contributed by atoms with Crippen LogP contribution in [0.2, 0.25) is 0 Å². The van der Waals surface area contributed by atoms with Gasteiger partial charge >= 0.3 is 12.2 Å². The van der Waals surface area contributed by atoms with E-state index in [1.54, 1.807) is 11.1 Å². The fraction of sp³-hybridized carbons (Fsp3) is 0.474. The fourth-order valence-corrected chi connectivity index (χ4v) is 6.09. The van der Waals surface area contributed by atoms with E-state index in [9.17, 15) is 9.59 Å². The summed E-state index contributed by atoms with van der Waals surface area (Å²) in [5, 5.41) is 6.37. The maximum atomic E-state index is 12.7. The number of piperidine rings is 2. The third-order valence-electron chi connectivity index (χ3n) is 8.75. The lowest BCUT2D eigenvalue weighted by Crippen LogP contribution is -2.55. The van der Waals surface area contributed by atoms with Crippen LogP contribution < -0.4 is 16.4 Å². The second-order valence-corrected chi connectivity index (χ2v) is 15.1. The van der Waals surface area contributed by atoms with Gasteiger partial charge in [-0.05, 0) is 91.4 Å². The molecule has 6 N–H and O–H groups in total. The molecule has 12 nitrogen and oxygen atoms in total. The molecule has 0 unspecified atom stereocenters. The van der Waals surface area contributed by atoms with Crippen LogP contribution >= 0.6 is 0 Å². The molecule has 2 aliphatic heterocycles. The van der Waals surface area contributed by atoms with Gasteiger partial charge in [0, 0.05) is 13.1 Å². The van der Waals surface area contributed by atoms with Crippen LogP contribution in [0.25, 0.3) is 22.5 Å². The van der Waals surface area contributed by atoms with Crippen LogP contribution in [0.15, 0.2) is 73.1 Å². The van der Waals surface area contributed by atoms with Gasteiger partial charge in [-0.25, -0.2) is 19.6 Å². The van der Waals surface area contributed by atoms with E-state index in [4.69, 9.17) is 15.2 Å². The monoisotopic (exact) mass is 684 g/mol. The fourth-order valence-electron chi connectivity index (χ4n) is 6.09. The van der Waals surface area contributed by atoms with E-state index in [1.165, 1.54) is 0 Å². The van der Waals surface area contributed by atoms with Gasteiger partial charge < -0.3 is 40.7 Å². The van der Waals surface area contributed by atoms with E-state index < -0.39 is 22.8 Å². The molecule has 2 amide bonds. The molecular formula is C38H52N8O4. The number of alkyl carbamates (subject to hydrolysis) is 1. The number of hydrogen-bond donors (Lipinski definition) is 5. The van der Waals surface area contributed by atoms with E-state index >= 15 is 0 Å². The highest BCUT2D eigenvalue weighted by Crippen LogP contribution is 2.34. The number of amides is 2. The normalized spacial score (nSPS) is 17.2. The molecule has 4 heterocycles. The smallest absolute Gasteiger partial charge is 0.410 e. The highest BCUT2D eigenvalue weighted by Gasteiger charge is 2.43. The number of H-pyrrole nitrogens is 2. The average Bonchev–Trinajstić information content (AvgIpc) is 3.77. The Bertz CT molecular complexity index is 1690. The molecule has 0 atom stereocenters. The maximum Gasteiger partial charge on any atom is 0.410 e. The summed E-state index contributed by atoms with van der Waals surface area (Å²) in [5.41, 5.74) is 8.21. The van der Waals surface area contributed by atoms with Gasteiger partial charge in [-0.3, -0.25) is 0 Å². The predicted octanol–water partition coefficient (Wildman–Crippen LogP) is 6.44. The first kappa shape index (κ1) is 36.6. The van der Waals surface area contributed by atoms with Crippen LogP contribution in [0, 0.1) is 0 Å². The molecule has 268 valence electrons. The van der Waals surface area contributed by atoms with Crippen LogP contribution in [0.3, 0.4) is 0 Å². The zero-order chi connectivity index (χ0) is 36.0. The van der Waals surface area contributed by atoms with Crippen molar-refractivity contribution < 1.29 is 19.1 Å². The number of nitrogens with one attached hydrogen (secondary N) is 4. The Morgan fingerprint density at radius 3 is 1.72 bits per heavy atom. The van der Waals surface area contributed by atoms with Crippen molar-refractivity contribution in [2.24, 2.45) is 5.73 Å². The lowest BCUT2D eigenvalue weighted by molar-refractivity contribution is 0.0107. The number of carbonyl (C=O) groups is 2. The molecule has 4 aromatic rings.